The summed E-state index contributed by atoms with van der Waals surface area (Å²) in [5.41, 5.74) is 8.33. The van der Waals surface area contributed by atoms with Gasteiger partial charge in [-0.3, -0.25) is 0 Å². The van der Waals surface area contributed by atoms with Crippen molar-refractivity contribution in [2.24, 2.45) is 0 Å². The first-order chi connectivity index (χ1) is 23.3. The van der Waals surface area contributed by atoms with E-state index in [1.807, 2.05) is 0 Å². The van der Waals surface area contributed by atoms with Gasteiger partial charge in [0, 0.05) is 17.1 Å². The third kappa shape index (κ3) is 4.81. The number of nitrogens with zero attached hydrogens (tertiary/aromatic N) is 1. The number of rotatable bonds is 5. The van der Waals surface area contributed by atoms with Crippen molar-refractivity contribution < 1.29 is 0 Å². The van der Waals surface area contributed by atoms with Gasteiger partial charge in [-0.25, -0.2) is 0 Å². The average molecular weight is 598 g/mol. The Hall–Kier alpha value is -6.18. The van der Waals surface area contributed by atoms with Crippen LogP contribution in [-0.2, 0) is 0 Å². The van der Waals surface area contributed by atoms with Gasteiger partial charge in [0.05, 0.1) is 0 Å². The molecule has 0 radical (unpaired) electrons. The Morgan fingerprint density at radius 1 is 0.277 bits per heavy atom. The molecule has 0 bridgehead atoms. The summed E-state index contributed by atoms with van der Waals surface area (Å²) < 4.78 is 0. The first-order valence-corrected chi connectivity index (χ1v) is 16.2. The molecule has 0 aliphatic rings. The van der Waals surface area contributed by atoms with Crippen LogP contribution in [0.25, 0.3) is 65.3 Å². The first kappa shape index (κ1) is 27.2. The Bertz CT molecular complexity index is 2510. The van der Waals surface area contributed by atoms with Gasteiger partial charge in [0.2, 0.25) is 0 Å². The van der Waals surface area contributed by atoms with E-state index in [2.05, 4.69) is 193 Å². The maximum Gasteiger partial charge on any atom is 0.0462 e. The van der Waals surface area contributed by atoms with Crippen molar-refractivity contribution in [3.63, 3.8) is 0 Å². The van der Waals surface area contributed by atoms with Crippen LogP contribution in [-0.4, -0.2) is 0 Å². The van der Waals surface area contributed by atoms with E-state index in [-0.39, 0.29) is 0 Å². The highest BCUT2D eigenvalue weighted by Crippen LogP contribution is 2.40. The highest BCUT2D eigenvalue weighted by Gasteiger charge is 2.14. The van der Waals surface area contributed by atoms with Crippen molar-refractivity contribution in [1.82, 2.24) is 0 Å². The third-order valence-electron chi connectivity index (χ3n) is 9.39. The summed E-state index contributed by atoms with van der Waals surface area (Å²) in [7, 11) is 0. The lowest BCUT2D eigenvalue weighted by Gasteiger charge is -2.25. The van der Waals surface area contributed by atoms with Crippen LogP contribution >= 0.6 is 0 Å². The van der Waals surface area contributed by atoms with Crippen LogP contribution in [0.2, 0.25) is 0 Å². The molecule has 0 amide bonds. The molecular formula is C46H31N. The highest BCUT2D eigenvalue weighted by molar-refractivity contribution is 6.23. The largest absolute Gasteiger partial charge is 0.311 e. The van der Waals surface area contributed by atoms with E-state index in [9.17, 15) is 0 Å². The SMILES string of the molecule is c1ccc(N(c2ccccc2)c2ccc(-c3ccc4cc(-c5cc6ccc7ccccc7c6c6ccccc56)ccc4c3)cc2)cc1. The van der Waals surface area contributed by atoms with Gasteiger partial charge in [0.15, 0.2) is 0 Å². The second-order valence-electron chi connectivity index (χ2n) is 12.2. The molecule has 9 aromatic rings. The standard InChI is InChI=1S/C46H31N/c1-3-12-39(13-4-1)47(40-14-5-2-6-15-40)41-27-25-32(26-28-41)34-20-21-36-30-37(23-22-35(36)29-34)45-31-38-24-19-33-11-7-8-16-42(33)46(38)44-18-10-9-17-43(44)45/h1-31H. The molecule has 0 saturated carbocycles. The van der Waals surface area contributed by atoms with Gasteiger partial charge in [-0.2, -0.15) is 0 Å². The van der Waals surface area contributed by atoms with E-state index in [1.54, 1.807) is 0 Å². The Morgan fingerprint density at radius 2 is 0.766 bits per heavy atom. The molecule has 0 aromatic heterocycles. The first-order valence-electron chi connectivity index (χ1n) is 16.2. The van der Waals surface area contributed by atoms with Gasteiger partial charge in [-0.1, -0.05) is 133 Å². The van der Waals surface area contributed by atoms with Crippen LogP contribution < -0.4 is 4.90 Å². The Balaban J connectivity index is 1.09. The lowest BCUT2D eigenvalue weighted by molar-refractivity contribution is 1.28. The Labute approximate surface area is 274 Å². The van der Waals surface area contributed by atoms with Crippen LogP contribution in [0.15, 0.2) is 188 Å². The van der Waals surface area contributed by atoms with Gasteiger partial charge in [-0.15, -0.1) is 0 Å². The molecule has 0 unspecified atom stereocenters. The van der Waals surface area contributed by atoms with E-state index in [0.717, 1.165) is 17.1 Å². The number of fused-ring (bicyclic) bond motifs is 6. The van der Waals surface area contributed by atoms with Gasteiger partial charge >= 0.3 is 0 Å². The van der Waals surface area contributed by atoms with Crippen LogP contribution in [0.3, 0.4) is 0 Å². The molecule has 0 saturated heterocycles. The molecule has 0 N–H and O–H groups in total. The molecule has 0 aliphatic heterocycles. The maximum atomic E-state index is 2.37. The fourth-order valence-corrected chi connectivity index (χ4v) is 7.11. The van der Waals surface area contributed by atoms with Gasteiger partial charge in [0.25, 0.3) is 0 Å². The predicted octanol–water partition coefficient (Wildman–Crippen LogP) is 13.1. The molecule has 9 aromatic carbocycles. The normalized spacial score (nSPS) is 11.4. The summed E-state index contributed by atoms with van der Waals surface area (Å²) >= 11 is 0. The number of anilines is 3. The molecule has 0 atom stereocenters. The minimum atomic E-state index is 1.13. The fourth-order valence-electron chi connectivity index (χ4n) is 7.11. The maximum absolute atomic E-state index is 2.37. The summed E-state index contributed by atoms with van der Waals surface area (Å²) in [6.45, 7) is 0. The van der Waals surface area contributed by atoms with Crippen LogP contribution in [0, 0.1) is 0 Å². The second-order valence-corrected chi connectivity index (χ2v) is 12.2. The molecule has 1 nitrogen and oxygen atoms in total. The van der Waals surface area contributed by atoms with Crippen LogP contribution in [0.4, 0.5) is 17.1 Å². The average Bonchev–Trinajstić information content (AvgIpc) is 3.15. The Morgan fingerprint density at radius 3 is 1.47 bits per heavy atom. The monoisotopic (exact) mass is 597 g/mol. The Kier molecular flexibility index (Phi) is 6.54. The predicted molar refractivity (Wildman–Crippen MR) is 202 cm³/mol. The summed E-state index contributed by atoms with van der Waals surface area (Å²) in [6.07, 6.45) is 0. The van der Waals surface area contributed by atoms with E-state index < -0.39 is 0 Å². The van der Waals surface area contributed by atoms with E-state index in [4.69, 9.17) is 0 Å². The smallest absolute Gasteiger partial charge is 0.0462 e. The minimum Gasteiger partial charge on any atom is -0.311 e. The zero-order valence-corrected chi connectivity index (χ0v) is 25.8. The summed E-state index contributed by atoms with van der Waals surface area (Å²) in [5.74, 6) is 0. The van der Waals surface area contributed by atoms with Crippen LogP contribution in [0.1, 0.15) is 0 Å². The summed E-state index contributed by atoms with van der Waals surface area (Å²) in [6, 6.07) is 68.1. The summed E-state index contributed by atoms with van der Waals surface area (Å²) in [4.78, 5) is 2.30. The number of para-hydroxylation sites is 2. The molecular weight excluding hydrogens is 567 g/mol. The molecule has 9 rings (SSSR count). The third-order valence-corrected chi connectivity index (χ3v) is 9.39. The quantitative estimate of drug-likeness (QED) is 0.178. The molecule has 1 heteroatoms. The number of benzene rings is 9. The number of hydrogen-bond donors (Lipinski definition) is 0. The van der Waals surface area contributed by atoms with Crippen molar-refractivity contribution in [3.8, 4) is 22.3 Å². The molecule has 220 valence electrons. The molecule has 0 fully saturated rings. The lowest BCUT2D eigenvalue weighted by Crippen LogP contribution is -2.09. The molecule has 0 heterocycles. The van der Waals surface area contributed by atoms with Crippen molar-refractivity contribution in [2.45, 2.75) is 0 Å². The number of hydrogen-bond acceptors (Lipinski definition) is 1. The lowest BCUT2D eigenvalue weighted by atomic mass is 9.90. The van der Waals surface area contributed by atoms with Crippen molar-refractivity contribution in [1.29, 1.82) is 0 Å². The fraction of sp³-hybridized carbons (Fsp3) is 0. The van der Waals surface area contributed by atoms with Crippen molar-refractivity contribution >= 4 is 60.2 Å². The van der Waals surface area contributed by atoms with E-state index in [0.29, 0.717) is 0 Å². The highest BCUT2D eigenvalue weighted by atomic mass is 15.1. The van der Waals surface area contributed by atoms with Gasteiger partial charge < -0.3 is 4.90 Å². The second kappa shape index (κ2) is 11.3. The van der Waals surface area contributed by atoms with Crippen molar-refractivity contribution in [2.75, 3.05) is 4.90 Å². The summed E-state index contributed by atoms with van der Waals surface area (Å²) in [5, 5.41) is 10.2. The zero-order valence-electron chi connectivity index (χ0n) is 25.8. The minimum absolute atomic E-state index is 1.13. The van der Waals surface area contributed by atoms with E-state index >= 15 is 0 Å². The molecule has 47 heavy (non-hydrogen) atoms. The van der Waals surface area contributed by atoms with Gasteiger partial charge in [-0.05, 0) is 120 Å². The molecule has 0 aliphatic carbocycles. The van der Waals surface area contributed by atoms with E-state index in [1.165, 1.54) is 65.3 Å². The zero-order chi connectivity index (χ0) is 31.2. The molecule has 0 spiro atoms. The topological polar surface area (TPSA) is 3.24 Å². The van der Waals surface area contributed by atoms with Gasteiger partial charge in [0.1, 0.15) is 0 Å². The van der Waals surface area contributed by atoms with Crippen molar-refractivity contribution in [3.05, 3.63) is 188 Å². The van der Waals surface area contributed by atoms with Crippen LogP contribution in [0.5, 0.6) is 0 Å².